The number of fused-ring (bicyclic) bond motifs is 2. The number of aromatic nitrogens is 6. The van der Waals surface area contributed by atoms with Crippen molar-refractivity contribution in [2.24, 2.45) is 0 Å². The van der Waals surface area contributed by atoms with Crippen LogP contribution in [0.4, 0.5) is 14.5 Å². The lowest BCUT2D eigenvalue weighted by molar-refractivity contribution is 0.0115. The van der Waals surface area contributed by atoms with Gasteiger partial charge >= 0.3 is 0 Å². The van der Waals surface area contributed by atoms with Gasteiger partial charge in [-0.3, -0.25) is 15.0 Å². The Labute approximate surface area is 218 Å². The smallest absolute Gasteiger partial charge is 0.261 e. The van der Waals surface area contributed by atoms with E-state index >= 15 is 0 Å². The average Bonchev–Trinajstić information content (AvgIpc) is 3.64. The molecule has 0 saturated carbocycles. The van der Waals surface area contributed by atoms with Gasteiger partial charge in [-0.05, 0) is 54.7 Å². The van der Waals surface area contributed by atoms with Gasteiger partial charge in [0.2, 0.25) is 0 Å². The van der Waals surface area contributed by atoms with Crippen molar-refractivity contribution in [3.63, 3.8) is 0 Å². The molecule has 194 valence electrons. The molecular weight excluding hydrogens is 486 g/mol. The fourth-order valence-electron chi connectivity index (χ4n) is 5.71. The third-order valence-electron chi connectivity index (χ3n) is 7.63. The largest absolute Gasteiger partial charge is 0.370 e. The van der Waals surface area contributed by atoms with Gasteiger partial charge in [-0.1, -0.05) is 6.07 Å². The molecule has 2 aliphatic rings. The second kappa shape index (κ2) is 9.13. The van der Waals surface area contributed by atoms with E-state index in [-0.39, 0.29) is 13.0 Å². The van der Waals surface area contributed by atoms with Crippen molar-refractivity contribution >= 4 is 27.8 Å². The van der Waals surface area contributed by atoms with Crippen molar-refractivity contribution in [2.45, 2.75) is 38.2 Å². The van der Waals surface area contributed by atoms with Gasteiger partial charge in [-0.15, -0.1) is 0 Å². The van der Waals surface area contributed by atoms with E-state index in [1.807, 2.05) is 30.5 Å². The molecular formula is C28H28F2N8. The number of hydrogen-bond acceptors (Lipinski definition) is 6. The summed E-state index contributed by atoms with van der Waals surface area (Å²) in [7, 11) is 0. The number of rotatable bonds is 5. The van der Waals surface area contributed by atoms with E-state index in [4.69, 9.17) is 4.98 Å². The lowest BCUT2D eigenvalue weighted by Gasteiger charge is -2.28. The molecule has 0 radical (unpaired) electrons. The molecule has 2 saturated heterocycles. The number of H-pyrrole nitrogens is 2. The van der Waals surface area contributed by atoms with E-state index < -0.39 is 5.92 Å². The first kappa shape index (κ1) is 23.2. The van der Waals surface area contributed by atoms with Crippen molar-refractivity contribution in [3.05, 3.63) is 54.5 Å². The quantitative estimate of drug-likeness (QED) is 0.327. The molecule has 2 fully saturated rings. The minimum absolute atomic E-state index is 0.0864. The number of likely N-dealkylation sites (tertiary alicyclic amines) is 1. The molecule has 0 amide bonds. The SMILES string of the molecule is FC1(F)CCN(Cc2cncc(-c3ccc4[nH]nc(-c5nc6c(N7CCCCC7)ccnc6[nH]5)c4c3)c2)C1. The van der Waals surface area contributed by atoms with Crippen LogP contribution in [0.3, 0.4) is 0 Å². The lowest BCUT2D eigenvalue weighted by Crippen LogP contribution is -2.29. The predicted octanol–water partition coefficient (Wildman–Crippen LogP) is 5.39. The molecule has 2 N–H and O–H groups in total. The molecule has 2 aliphatic heterocycles. The van der Waals surface area contributed by atoms with Crippen LogP contribution in [-0.4, -0.2) is 67.1 Å². The van der Waals surface area contributed by atoms with Crippen LogP contribution >= 0.6 is 0 Å². The summed E-state index contributed by atoms with van der Waals surface area (Å²) in [6.45, 7) is 2.72. The summed E-state index contributed by atoms with van der Waals surface area (Å²) in [5, 5.41) is 8.64. The van der Waals surface area contributed by atoms with Gasteiger partial charge in [0.15, 0.2) is 11.5 Å². The number of benzene rings is 1. The van der Waals surface area contributed by atoms with E-state index in [1.165, 1.54) is 19.3 Å². The molecule has 7 rings (SSSR count). The normalized spacial score (nSPS) is 18.1. The number of nitrogens with one attached hydrogen (secondary N) is 2. The van der Waals surface area contributed by atoms with Crippen molar-refractivity contribution in [1.29, 1.82) is 0 Å². The Morgan fingerprint density at radius 1 is 0.974 bits per heavy atom. The molecule has 5 aromatic rings. The highest BCUT2D eigenvalue weighted by Gasteiger charge is 2.37. The number of nitrogens with zero attached hydrogens (tertiary/aromatic N) is 6. The molecule has 6 heterocycles. The van der Waals surface area contributed by atoms with Gasteiger partial charge in [0.05, 0.1) is 17.7 Å². The van der Waals surface area contributed by atoms with Crippen LogP contribution in [0.2, 0.25) is 0 Å². The van der Waals surface area contributed by atoms with Crippen LogP contribution in [0.1, 0.15) is 31.2 Å². The number of hydrogen-bond donors (Lipinski definition) is 2. The van der Waals surface area contributed by atoms with Gasteiger partial charge in [0.1, 0.15) is 11.2 Å². The van der Waals surface area contributed by atoms with Crippen LogP contribution in [-0.2, 0) is 6.54 Å². The number of alkyl halides is 2. The monoisotopic (exact) mass is 514 g/mol. The molecule has 4 aromatic heterocycles. The van der Waals surface area contributed by atoms with E-state index in [0.29, 0.717) is 18.9 Å². The van der Waals surface area contributed by atoms with E-state index in [0.717, 1.165) is 63.2 Å². The average molecular weight is 515 g/mol. The van der Waals surface area contributed by atoms with Crippen LogP contribution in [0.25, 0.3) is 44.7 Å². The van der Waals surface area contributed by atoms with Gasteiger partial charge in [-0.2, -0.15) is 5.10 Å². The topological polar surface area (TPSA) is 89.6 Å². The molecule has 0 unspecified atom stereocenters. The molecule has 0 atom stereocenters. The van der Waals surface area contributed by atoms with E-state index in [2.05, 4.69) is 36.1 Å². The van der Waals surface area contributed by atoms with Crippen LogP contribution in [0, 0.1) is 0 Å². The summed E-state index contributed by atoms with van der Waals surface area (Å²) in [6, 6.07) is 10.2. The molecule has 10 heteroatoms. The zero-order valence-corrected chi connectivity index (χ0v) is 20.9. The van der Waals surface area contributed by atoms with Crippen LogP contribution < -0.4 is 4.90 Å². The predicted molar refractivity (Wildman–Crippen MR) is 143 cm³/mol. The summed E-state index contributed by atoms with van der Waals surface area (Å²) in [4.78, 5) is 21.4. The number of imidazole rings is 1. The number of pyridine rings is 2. The highest BCUT2D eigenvalue weighted by molar-refractivity contribution is 5.96. The lowest BCUT2D eigenvalue weighted by atomic mass is 10.0. The first-order valence-electron chi connectivity index (χ1n) is 13.2. The first-order valence-corrected chi connectivity index (χ1v) is 13.2. The second-order valence-corrected chi connectivity index (χ2v) is 10.4. The van der Waals surface area contributed by atoms with E-state index in [1.54, 1.807) is 17.3 Å². The van der Waals surface area contributed by atoms with Crippen molar-refractivity contribution in [3.8, 4) is 22.6 Å². The number of halogens is 2. The summed E-state index contributed by atoms with van der Waals surface area (Å²) in [5.74, 6) is -1.93. The molecule has 38 heavy (non-hydrogen) atoms. The van der Waals surface area contributed by atoms with Crippen molar-refractivity contribution < 1.29 is 8.78 Å². The minimum atomic E-state index is -2.60. The summed E-state index contributed by atoms with van der Waals surface area (Å²) in [6.07, 6.45) is 8.95. The molecule has 1 aromatic carbocycles. The Balaban J connectivity index is 1.22. The number of anilines is 1. The second-order valence-electron chi connectivity index (χ2n) is 10.4. The zero-order chi connectivity index (χ0) is 25.7. The first-order chi connectivity index (χ1) is 18.5. The maximum Gasteiger partial charge on any atom is 0.261 e. The Kier molecular flexibility index (Phi) is 5.57. The maximum absolute atomic E-state index is 13.6. The summed E-state index contributed by atoms with van der Waals surface area (Å²) in [5.41, 5.74) is 7.17. The summed E-state index contributed by atoms with van der Waals surface area (Å²) >= 11 is 0. The number of aromatic amines is 2. The Hall–Kier alpha value is -3.92. The Morgan fingerprint density at radius 3 is 2.71 bits per heavy atom. The molecule has 0 bridgehead atoms. The highest BCUT2D eigenvalue weighted by Crippen LogP contribution is 2.33. The Morgan fingerprint density at radius 2 is 1.87 bits per heavy atom. The van der Waals surface area contributed by atoms with E-state index in [9.17, 15) is 8.78 Å². The Bertz CT molecular complexity index is 1620. The summed E-state index contributed by atoms with van der Waals surface area (Å²) < 4.78 is 27.3. The van der Waals surface area contributed by atoms with Gasteiger partial charge in [-0.25, -0.2) is 18.7 Å². The van der Waals surface area contributed by atoms with Crippen molar-refractivity contribution in [2.75, 3.05) is 31.1 Å². The standard InChI is InChI=1S/C28H28F2N8/c29-28(30)7-11-37(17-28)16-18-12-20(15-31-14-18)19-4-5-22-21(13-19)24(36-35-22)27-33-25-23(6-8-32-26(25)34-27)38-9-2-1-3-10-38/h4-6,8,12-15H,1-3,7,9-11,16-17H2,(H,35,36)(H,32,33,34). The fraction of sp³-hybridized carbons (Fsp3) is 0.357. The number of piperidine rings is 1. The van der Waals surface area contributed by atoms with Gasteiger partial charge < -0.3 is 9.88 Å². The molecule has 0 spiro atoms. The van der Waals surface area contributed by atoms with Crippen LogP contribution in [0.15, 0.2) is 48.9 Å². The molecule has 8 nitrogen and oxygen atoms in total. The maximum atomic E-state index is 13.6. The fourth-order valence-corrected chi connectivity index (χ4v) is 5.71. The zero-order valence-electron chi connectivity index (χ0n) is 20.9. The third-order valence-corrected chi connectivity index (χ3v) is 7.63. The third kappa shape index (κ3) is 4.28. The van der Waals surface area contributed by atoms with Gasteiger partial charge in [0.25, 0.3) is 5.92 Å². The molecule has 0 aliphatic carbocycles. The van der Waals surface area contributed by atoms with Gasteiger partial charge in [0, 0.05) is 62.1 Å². The van der Waals surface area contributed by atoms with Crippen LogP contribution in [0.5, 0.6) is 0 Å². The van der Waals surface area contributed by atoms with Crippen molar-refractivity contribution in [1.82, 2.24) is 35.0 Å². The minimum Gasteiger partial charge on any atom is -0.370 e. The highest BCUT2D eigenvalue weighted by atomic mass is 19.3.